The van der Waals surface area contributed by atoms with Crippen molar-refractivity contribution in [3.63, 3.8) is 0 Å². The summed E-state index contributed by atoms with van der Waals surface area (Å²) >= 11 is 0. The second-order valence-electron chi connectivity index (χ2n) is 21.6. The molecule has 2 heteroatoms. The van der Waals surface area contributed by atoms with Gasteiger partial charge in [0, 0.05) is 22.0 Å². The van der Waals surface area contributed by atoms with Crippen LogP contribution in [0, 0.1) is 0 Å². The van der Waals surface area contributed by atoms with E-state index >= 15 is 0 Å². The predicted octanol–water partition coefficient (Wildman–Crippen LogP) is 19.0. The maximum absolute atomic E-state index is 6.99. The molecule has 0 atom stereocenters. The third-order valence-electron chi connectivity index (χ3n) is 15.4. The molecule has 13 rings (SSSR count). The predicted molar refractivity (Wildman–Crippen MR) is 298 cm³/mol. The third kappa shape index (κ3) is 6.54. The van der Waals surface area contributed by atoms with Gasteiger partial charge >= 0.3 is 0 Å². The van der Waals surface area contributed by atoms with Gasteiger partial charge in [-0.15, -0.1) is 0 Å². The van der Waals surface area contributed by atoms with Gasteiger partial charge in [0.1, 0.15) is 5.58 Å². The van der Waals surface area contributed by atoms with Crippen LogP contribution in [0.4, 0.5) is 17.1 Å². The van der Waals surface area contributed by atoms with Crippen LogP contribution in [0.2, 0.25) is 0 Å². The molecule has 0 aliphatic heterocycles. The van der Waals surface area contributed by atoms with Gasteiger partial charge in [0.25, 0.3) is 0 Å². The first-order chi connectivity index (χ1) is 34.5. The van der Waals surface area contributed by atoms with E-state index in [1.54, 1.807) is 0 Å². The summed E-state index contributed by atoms with van der Waals surface area (Å²) in [5, 5.41) is 2.19. The number of nitrogens with zero attached hydrogens (tertiary/aromatic N) is 1. The summed E-state index contributed by atoms with van der Waals surface area (Å²) in [4.78, 5) is 2.48. The molecule has 11 aromatic rings. The van der Waals surface area contributed by atoms with E-state index in [1.807, 2.05) is 0 Å². The fourth-order valence-corrected chi connectivity index (χ4v) is 12.0. The van der Waals surface area contributed by atoms with Gasteiger partial charge in [-0.3, -0.25) is 0 Å². The van der Waals surface area contributed by atoms with Crippen LogP contribution in [-0.2, 0) is 16.2 Å². The summed E-state index contributed by atoms with van der Waals surface area (Å²) in [7, 11) is 0. The molecule has 0 N–H and O–H groups in total. The number of fused-ring (bicyclic) bond motifs is 13. The Kier molecular flexibility index (Phi) is 9.61. The lowest BCUT2D eigenvalue weighted by Gasteiger charge is -2.34. The molecule has 0 radical (unpaired) electrons. The van der Waals surface area contributed by atoms with E-state index < -0.39 is 5.41 Å². The molecule has 10 aromatic carbocycles. The molecule has 2 aliphatic rings. The van der Waals surface area contributed by atoms with Gasteiger partial charge in [-0.1, -0.05) is 236 Å². The number of furan rings is 1. The fraction of sp³-hybridized carbons (Fsp3) is 0.130. The number of rotatable bonds is 6. The first-order valence-electron chi connectivity index (χ1n) is 25.1. The third-order valence-corrected chi connectivity index (χ3v) is 15.4. The van der Waals surface area contributed by atoms with Crippen molar-refractivity contribution in [3.05, 3.63) is 258 Å². The normalized spacial score (nSPS) is 13.3. The quantitative estimate of drug-likeness (QED) is 0.165. The van der Waals surface area contributed by atoms with E-state index in [0.717, 1.165) is 50.1 Å². The largest absolute Gasteiger partial charge is 0.454 e. The van der Waals surface area contributed by atoms with Gasteiger partial charge in [-0.2, -0.15) is 0 Å². The summed E-state index contributed by atoms with van der Waals surface area (Å²) in [5.41, 5.74) is 24.4. The van der Waals surface area contributed by atoms with Crippen LogP contribution in [0.3, 0.4) is 0 Å². The van der Waals surface area contributed by atoms with Crippen LogP contribution < -0.4 is 4.90 Å². The lowest BCUT2D eigenvalue weighted by molar-refractivity contribution is 0.586. The number of hydrogen-bond acceptors (Lipinski definition) is 2. The Bertz CT molecular complexity index is 3850. The highest BCUT2D eigenvalue weighted by Crippen LogP contribution is 2.64. The Balaban J connectivity index is 1.11. The Morgan fingerprint density at radius 3 is 1.46 bits per heavy atom. The first-order valence-corrected chi connectivity index (χ1v) is 25.1. The highest BCUT2D eigenvalue weighted by molar-refractivity contribution is 6.11. The fourth-order valence-electron chi connectivity index (χ4n) is 12.0. The summed E-state index contributed by atoms with van der Waals surface area (Å²) < 4.78 is 6.99. The topological polar surface area (TPSA) is 16.4 Å². The minimum Gasteiger partial charge on any atom is -0.454 e. The van der Waals surface area contributed by atoms with Crippen molar-refractivity contribution in [2.24, 2.45) is 0 Å². The molecule has 0 unspecified atom stereocenters. The Labute approximate surface area is 417 Å². The number of para-hydroxylation sites is 3. The molecule has 0 bridgehead atoms. The summed E-state index contributed by atoms with van der Waals surface area (Å²) in [6, 6.07) is 83.5. The van der Waals surface area contributed by atoms with Crippen LogP contribution >= 0.6 is 0 Å². The van der Waals surface area contributed by atoms with Gasteiger partial charge < -0.3 is 9.32 Å². The number of benzene rings is 10. The maximum atomic E-state index is 6.99. The van der Waals surface area contributed by atoms with Crippen LogP contribution in [0.25, 0.3) is 77.6 Å². The summed E-state index contributed by atoms with van der Waals surface area (Å²) in [6.45, 7) is 14.0. The van der Waals surface area contributed by atoms with E-state index in [1.165, 1.54) is 77.9 Å². The van der Waals surface area contributed by atoms with Crippen molar-refractivity contribution in [2.45, 2.75) is 57.8 Å². The zero-order valence-electron chi connectivity index (χ0n) is 41.2. The molecular formula is C69H55NO. The van der Waals surface area contributed by atoms with Crippen LogP contribution in [0.1, 0.15) is 74.9 Å². The lowest BCUT2D eigenvalue weighted by Crippen LogP contribution is -2.27. The number of hydrogen-bond donors (Lipinski definition) is 0. The van der Waals surface area contributed by atoms with Gasteiger partial charge in [-0.25, -0.2) is 0 Å². The molecule has 1 heterocycles. The van der Waals surface area contributed by atoms with Crippen molar-refractivity contribution >= 4 is 39.0 Å². The van der Waals surface area contributed by atoms with Gasteiger partial charge in [0.2, 0.25) is 0 Å². The highest BCUT2D eigenvalue weighted by atomic mass is 16.3. The molecule has 0 fully saturated rings. The molecule has 342 valence electrons. The average Bonchev–Trinajstić information content (AvgIpc) is 4.03. The Morgan fingerprint density at radius 2 is 0.803 bits per heavy atom. The first kappa shape index (κ1) is 42.9. The minimum absolute atomic E-state index is 0.0476. The van der Waals surface area contributed by atoms with E-state index in [2.05, 4.69) is 271 Å². The molecule has 0 saturated carbocycles. The van der Waals surface area contributed by atoms with Crippen LogP contribution in [-0.4, -0.2) is 0 Å². The molecular weight excluding hydrogens is 859 g/mol. The van der Waals surface area contributed by atoms with Gasteiger partial charge in [-0.05, 0) is 125 Å². The van der Waals surface area contributed by atoms with E-state index in [0.29, 0.717) is 0 Å². The monoisotopic (exact) mass is 913 g/mol. The second kappa shape index (κ2) is 15.9. The van der Waals surface area contributed by atoms with Crippen molar-refractivity contribution in [1.29, 1.82) is 0 Å². The summed E-state index contributed by atoms with van der Waals surface area (Å²) in [6.07, 6.45) is 0. The molecule has 1 spiro atoms. The molecule has 0 amide bonds. The van der Waals surface area contributed by atoms with Crippen molar-refractivity contribution in [1.82, 2.24) is 0 Å². The van der Waals surface area contributed by atoms with Gasteiger partial charge in [0.05, 0.1) is 16.8 Å². The number of anilines is 3. The molecule has 2 aliphatic carbocycles. The molecule has 2 nitrogen and oxygen atoms in total. The van der Waals surface area contributed by atoms with Crippen LogP contribution in [0.15, 0.2) is 229 Å². The SMILES string of the molecule is CC(C)(C)c1ccc2c(c1)C1(c3ccccc3-c3ccc(N(c4ccccc4-c4ccccc4-c4ccccc4-c4ccccc4)c4cccc5c4oc4ccccc45)cc31)c1cc(C(C)(C)C)ccc1-2. The Hall–Kier alpha value is -8.20. The van der Waals surface area contributed by atoms with Crippen molar-refractivity contribution < 1.29 is 4.42 Å². The second-order valence-corrected chi connectivity index (χ2v) is 21.6. The highest BCUT2D eigenvalue weighted by Gasteiger charge is 2.52. The lowest BCUT2D eigenvalue weighted by atomic mass is 9.68. The smallest absolute Gasteiger partial charge is 0.159 e. The van der Waals surface area contributed by atoms with Crippen LogP contribution in [0.5, 0.6) is 0 Å². The maximum Gasteiger partial charge on any atom is 0.159 e. The van der Waals surface area contributed by atoms with E-state index in [4.69, 9.17) is 4.42 Å². The molecule has 1 aromatic heterocycles. The summed E-state index contributed by atoms with van der Waals surface area (Å²) in [5.74, 6) is 0. The minimum atomic E-state index is -0.570. The Morgan fingerprint density at radius 1 is 0.338 bits per heavy atom. The van der Waals surface area contributed by atoms with E-state index in [-0.39, 0.29) is 10.8 Å². The molecule has 0 saturated heterocycles. The zero-order valence-corrected chi connectivity index (χ0v) is 41.2. The van der Waals surface area contributed by atoms with Crippen molar-refractivity contribution in [3.8, 4) is 55.6 Å². The van der Waals surface area contributed by atoms with E-state index in [9.17, 15) is 0 Å². The average molecular weight is 914 g/mol. The van der Waals surface area contributed by atoms with Crippen molar-refractivity contribution in [2.75, 3.05) is 4.90 Å². The zero-order chi connectivity index (χ0) is 48.2. The standard InChI is InChI=1S/C69H55NO/c1-67(2,3)45-35-38-53-54-39-36-46(68(4,5)6)42-61(54)69(60(53)41-45)59-31-17-14-27-52(59)55-40-37-47(43-62(55)69)70(64-33-20-30-58-57-29-16-19-34-65(57)71-66(58)64)63-32-18-15-28-56(63)51-26-13-12-25-50(51)49-24-11-10-23-48(49)44-21-8-7-9-22-44/h7-43H,1-6H3. The van der Waals surface area contributed by atoms with Gasteiger partial charge in [0.15, 0.2) is 5.58 Å². The molecule has 71 heavy (non-hydrogen) atoms.